The van der Waals surface area contributed by atoms with Crippen LogP contribution in [0.2, 0.25) is 0 Å². The topological polar surface area (TPSA) is 32.8 Å². The van der Waals surface area contributed by atoms with Crippen molar-refractivity contribution < 1.29 is 8.83 Å². The molecule has 0 aliphatic carbocycles. The first-order chi connectivity index (χ1) is 22.8. The molecule has 2 heterocycles. The van der Waals surface area contributed by atoms with Gasteiger partial charge in [-0.3, -0.25) is 0 Å². The summed E-state index contributed by atoms with van der Waals surface area (Å²) in [5.74, 6) is 0. The Morgan fingerprint density at radius 2 is 0.587 bits per heavy atom. The number of furan rings is 2. The molecule has 0 radical (unpaired) electrons. The minimum Gasteiger partial charge on any atom is -0.456 e. The Morgan fingerprint density at radius 3 is 1.02 bits per heavy atom. The molecular weight excluding hydrogens is 564 g/mol. The van der Waals surface area contributed by atoms with E-state index in [0.717, 1.165) is 78.0 Å². The van der Waals surface area contributed by atoms with E-state index in [4.69, 9.17) is 8.83 Å². The highest BCUT2D eigenvalue weighted by Crippen LogP contribution is 2.42. The van der Waals surface area contributed by atoms with Crippen molar-refractivity contribution in [2.24, 2.45) is 0 Å². The molecule has 9 rings (SSSR count). The summed E-state index contributed by atoms with van der Waals surface area (Å²) in [6.45, 7) is 0. The van der Waals surface area contributed by atoms with Gasteiger partial charge in [-0.2, -0.15) is 0 Å². The number of rotatable bonds is 6. The molecule has 4 nitrogen and oxygen atoms in total. The van der Waals surface area contributed by atoms with Gasteiger partial charge in [-0.15, -0.1) is 0 Å². The van der Waals surface area contributed by atoms with Crippen LogP contribution in [-0.2, 0) is 0 Å². The Morgan fingerprint density at radius 1 is 0.261 bits per heavy atom. The Bertz CT molecular complexity index is 2300. The van der Waals surface area contributed by atoms with Crippen LogP contribution in [0.4, 0.5) is 34.1 Å². The van der Waals surface area contributed by atoms with E-state index in [9.17, 15) is 0 Å². The lowest BCUT2D eigenvalue weighted by molar-refractivity contribution is 0.668. The molecular formula is C42H28N2O2. The number of fused-ring (bicyclic) bond motifs is 6. The predicted molar refractivity (Wildman–Crippen MR) is 190 cm³/mol. The van der Waals surface area contributed by atoms with Crippen LogP contribution in [0.25, 0.3) is 43.9 Å². The highest BCUT2D eigenvalue weighted by molar-refractivity contribution is 6.07. The zero-order chi connectivity index (χ0) is 30.5. The van der Waals surface area contributed by atoms with Crippen molar-refractivity contribution in [3.8, 4) is 0 Å². The Kier molecular flexibility index (Phi) is 6.10. The van der Waals surface area contributed by atoms with Crippen LogP contribution in [0.5, 0.6) is 0 Å². The average molecular weight is 593 g/mol. The summed E-state index contributed by atoms with van der Waals surface area (Å²) in [6, 6.07) is 59.0. The first-order valence-corrected chi connectivity index (χ1v) is 15.4. The maximum absolute atomic E-state index is 6.27. The van der Waals surface area contributed by atoms with Gasteiger partial charge in [0.1, 0.15) is 22.3 Å². The van der Waals surface area contributed by atoms with Crippen LogP contribution in [-0.4, -0.2) is 0 Å². The molecule has 46 heavy (non-hydrogen) atoms. The SMILES string of the molecule is c1ccc(N(c2ccc(N(c3ccccc3)c3ccc4c(c3)oc3ccccc34)cc2)c2ccc3c(c2)oc2ccccc23)cc1. The molecule has 0 N–H and O–H groups in total. The van der Waals surface area contributed by atoms with Gasteiger partial charge < -0.3 is 18.6 Å². The van der Waals surface area contributed by atoms with Crippen molar-refractivity contribution in [3.63, 3.8) is 0 Å². The summed E-state index contributed by atoms with van der Waals surface area (Å²) in [6.07, 6.45) is 0. The second-order valence-corrected chi connectivity index (χ2v) is 11.4. The molecule has 0 spiro atoms. The molecule has 0 aliphatic rings. The molecule has 0 bridgehead atoms. The number of hydrogen-bond donors (Lipinski definition) is 0. The van der Waals surface area contributed by atoms with E-state index in [-0.39, 0.29) is 0 Å². The summed E-state index contributed by atoms with van der Waals surface area (Å²) in [5, 5.41) is 4.48. The van der Waals surface area contributed by atoms with Gasteiger partial charge in [0.05, 0.1) is 0 Å². The van der Waals surface area contributed by atoms with E-state index in [1.54, 1.807) is 0 Å². The lowest BCUT2D eigenvalue weighted by Crippen LogP contribution is -2.12. The monoisotopic (exact) mass is 592 g/mol. The van der Waals surface area contributed by atoms with Crippen molar-refractivity contribution in [2.75, 3.05) is 9.80 Å². The van der Waals surface area contributed by atoms with E-state index in [0.29, 0.717) is 0 Å². The van der Waals surface area contributed by atoms with Crippen molar-refractivity contribution in [3.05, 3.63) is 170 Å². The smallest absolute Gasteiger partial charge is 0.137 e. The molecule has 0 aliphatic heterocycles. The zero-order valence-electron chi connectivity index (χ0n) is 24.9. The first kappa shape index (κ1) is 26.2. The third kappa shape index (κ3) is 4.39. The van der Waals surface area contributed by atoms with Crippen molar-refractivity contribution in [1.29, 1.82) is 0 Å². The second-order valence-electron chi connectivity index (χ2n) is 11.4. The van der Waals surface area contributed by atoms with Gasteiger partial charge in [-0.05, 0) is 84.9 Å². The number of para-hydroxylation sites is 4. The third-order valence-electron chi connectivity index (χ3n) is 8.64. The zero-order valence-corrected chi connectivity index (χ0v) is 24.9. The largest absolute Gasteiger partial charge is 0.456 e. The van der Waals surface area contributed by atoms with Gasteiger partial charge in [0, 0.05) is 67.8 Å². The fourth-order valence-electron chi connectivity index (χ4n) is 6.51. The van der Waals surface area contributed by atoms with Gasteiger partial charge in [0.2, 0.25) is 0 Å². The summed E-state index contributed by atoms with van der Waals surface area (Å²) in [4.78, 5) is 4.54. The second kappa shape index (κ2) is 10.7. The molecule has 218 valence electrons. The van der Waals surface area contributed by atoms with Crippen molar-refractivity contribution in [2.45, 2.75) is 0 Å². The van der Waals surface area contributed by atoms with Gasteiger partial charge in [0.15, 0.2) is 0 Å². The van der Waals surface area contributed by atoms with E-state index in [1.165, 1.54) is 0 Å². The molecule has 0 unspecified atom stereocenters. The van der Waals surface area contributed by atoms with Gasteiger partial charge in [0.25, 0.3) is 0 Å². The molecule has 2 aromatic heterocycles. The van der Waals surface area contributed by atoms with E-state index in [1.807, 2.05) is 36.4 Å². The highest BCUT2D eigenvalue weighted by Gasteiger charge is 2.18. The average Bonchev–Trinajstić information content (AvgIpc) is 3.68. The van der Waals surface area contributed by atoms with Crippen LogP contribution >= 0.6 is 0 Å². The number of hydrogen-bond acceptors (Lipinski definition) is 4. The summed E-state index contributed by atoms with van der Waals surface area (Å²) < 4.78 is 12.5. The van der Waals surface area contributed by atoms with E-state index < -0.39 is 0 Å². The van der Waals surface area contributed by atoms with Crippen LogP contribution in [0.3, 0.4) is 0 Å². The standard InChI is InChI=1S/C42H28N2O2/c1-3-11-29(12-4-1)43(33-23-25-37-35-15-7-9-17-39(35)45-41(37)27-33)31-19-21-32(22-20-31)44(30-13-5-2-6-14-30)34-24-26-38-36-16-8-10-18-40(36)46-42(38)28-34/h1-28H. The maximum Gasteiger partial charge on any atom is 0.137 e. The normalized spacial score (nSPS) is 11.5. The lowest BCUT2D eigenvalue weighted by Gasteiger charge is -2.28. The molecule has 4 heteroatoms. The molecule has 0 amide bonds. The Hall–Kier alpha value is -6.26. The molecule has 0 saturated heterocycles. The quantitative estimate of drug-likeness (QED) is 0.192. The summed E-state index contributed by atoms with van der Waals surface area (Å²) in [7, 11) is 0. The fourth-order valence-corrected chi connectivity index (χ4v) is 6.51. The molecule has 0 atom stereocenters. The van der Waals surface area contributed by atoms with Crippen molar-refractivity contribution in [1.82, 2.24) is 0 Å². The molecule has 0 saturated carbocycles. The summed E-state index contributed by atoms with van der Waals surface area (Å²) in [5.41, 5.74) is 9.82. The van der Waals surface area contributed by atoms with Crippen LogP contribution in [0.1, 0.15) is 0 Å². The lowest BCUT2D eigenvalue weighted by atomic mass is 10.1. The van der Waals surface area contributed by atoms with E-state index >= 15 is 0 Å². The fraction of sp³-hybridized carbons (Fsp3) is 0. The third-order valence-corrected chi connectivity index (χ3v) is 8.64. The minimum atomic E-state index is 0.868. The van der Waals surface area contributed by atoms with Crippen LogP contribution < -0.4 is 9.80 Å². The van der Waals surface area contributed by atoms with Gasteiger partial charge in [-0.1, -0.05) is 72.8 Å². The van der Waals surface area contributed by atoms with Crippen molar-refractivity contribution >= 4 is 78.0 Å². The summed E-state index contributed by atoms with van der Waals surface area (Å²) >= 11 is 0. The molecule has 9 aromatic rings. The number of nitrogens with zero attached hydrogens (tertiary/aromatic N) is 2. The highest BCUT2D eigenvalue weighted by atomic mass is 16.3. The Balaban J connectivity index is 1.15. The minimum absolute atomic E-state index is 0.868. The number of anilines is 6. The van der Waals surface area contributed by atoms with E-state index in [2.05, 4.69) is 143 Å². The maximum atomic E-state index is 6.27. The number of benzene rings is 7. The molecule has 7 aromatic carbocycles. The molecule has 0 fully saturated rings. The van der Waals surface area contributed by atoms with Gasteiger partial charge >= 0.3 is 0 Å². The Labute approximate surface area is 265 Å². The predicted octanol–water partition coefficient (Wildman–Crippen LogP) is 12.4. The van der Waals surface area contributed by atoms with Crippen LogP contribution in [0.15, 0.2) is 179 Å². The van der Waals surface area contributed by atoms with Gasteiger partial charge in [-0.25, -0.2) is 0 Å². The first-order valence-electron chi connectivity index (χ1n) is 15.4. The van der Waals surface area contributed by atoms with Crippen LogP contribution in [0, 0.1) is 0 Å².